The molecule has 0 aromatic heterocycles. The summed E-state index contributed by atoms with van der Waals surface area (Å²) in [6.45, 7) is -0.614. The summed E-state index contributed by atoms with van der Waals surface area (Å²) in [5.74, 6) is -1.48. The molecule has 0 radical (unpaired) electrons. The zero-order valence-electron chi connectivity index (χ0n) is 13.4. The first-order valence-corrected chi connectivity index (χ1v) is 7.55. The standard InChI is InChI=1S/C18H15FN2O4/c1-25-16-8-7-12(19)9-14(16)15(22)10-21-17(23)11-20(18(21)24)13-5-3-2-4-6-13/h2-9H,10-11H2,1H3. The molecule has 128 valence electrons. The van der Waals surface area contributed by atoms with Gasteiger partial charge in [-0.05, 0) is 30.3 Å². The van der Waals surface area contributed by atoms with Crippen LogP contribution >= 0.6 is 0 Å². The van der Waals surface area contributed by atoms with Crippen molar-refractivity contribution in [1.29, 1.82) is 0 Å². The highest BCUT2D eigenvalue weighted by atomic mass is 19.1. The lowest BCUT2D eigenvalue weighted by atomic mass is 10.1. The van der Waals surface area contributed by atoms with Crippen molar-refractivity contribution < 1.29 is 23.5 Å². The van der Waals surface area contributed by atoms with Gasteiger partial charge in [-0.1, -0.05) is 18.2 Å². The Morgan fingerprint density at radius 3 is 2.56 bits per heavy atom. The molecular weight excluding hydrogens is 327 g/mol. The number of halogens is 1. The van der Waals surface area contributed by atoms with Gasteiger partial charge < -0.3 is 4.74 Å². The van der Waals surface area contributed by atoms with E-state index in [4.69, 9.17) is 4.74 Å². The molecule has 3 rings (SSSR count). The van der Waals surface area contributed by atoms with E-state index in [-0.39, 0.29) is 17.9 Å². The van der Waals surface area contributed by atoms with Crippen LogP contribution < -0.4 is 9.64 Å². The Morgan fingerprint density at radius 2 is 1.88 bits per heavy atom. The highest BCUT2D eigenvalue weighted by Gasteiger charge is 2.38. The van der Waals surface area contributed by atoms with Gasteiger partial charge in [0.15, 0.2) is 5.78 Å². The fourth-order valence-electron chi connectivity index (χ4n) is 2.63. The molecule has 2 aromatic rings. The van der Waals surface area contributed by atoms with Crippen molar-refractivity contribution in [1.82, 2.24) is 4.90 Å². The number of methoxy groups -OCH3 is 1. The molecule has 0 spiro atoms. The van der Waals surface area contributed by atoms with Gasteiger partial charge in [0.1, 0.15) is 18.1 Å². The number of hydrogen-bond donors (Lipinski definition) is 0. The molecule has 1 fully saturated rings. The molecule has 0 bridgehead atoms. The van der Waals surface area contributed by atoms with Crippen molar-refractivity contribution in [3.8, 4) is 5.75 Å². The molecule has 6 nitrogen and oxygen atoms in total. The molecule has 1 heterocycles. The van der Waals surface area contributed by atoms with Gasteiger partial charge in [0.2, 0.25) is 0 Å². The molecule has 3 amide bonds. The number of Topliss-reactive ketones (excluding diaryl/α,β-unsaturated/α-hetero) is 1. The molecule has 0 N–H and O–H groups in total. The average Bonchev–Trinajstić information content (AvgIpc) is 2.90. The number of nitrogens with zero attached hydrogens (tertiary/aromatic N) is 2. The summed E-state index contributed by atoms with van der Waals surface area (Å²) < 4.78 is 18.5. The van der Waals surface area contributed by atoms with Crippen LogP contribution in [0.2, 0.25) is 0 Å². The molecule has 0 atom stereocenters. The summed E-state index contributed by atoms with van der Waals surface area (Å²) in [5, 5.41) is 0. The van der Waals surface area contributed by atoms with Crippen molar-refractivity contribution in [2.45, 2.75) is 0 Å². The third-order valence-corrected chi connectivity index (χ3v) is 3.89. The van der Waals surface area contributed by atoms with Gasteiger partial charge in [-0.3, -0.25) is 19.4 Å². The average molecular weight is 342 g/mol. The van der Waals surface area contributed by atoms with Crippen molar-refractivity contribution in [3.05, 3.63) is 59.9 Å². The summed E-state index contributed by atoms with van der Waals surface area (Å²) in [4.78, 5) is 39.2. The Balaban J connectivity index is 1.81. The van der Waals surface area contributed by atoms with Gasteiger partial charge in [-0.2, -0.15) is 0 Å². The predicted molar refractivity (Wildman–Crippen MR) is 88.2 cm³/mol. The first-order chi connectivity index (χ1) is 12.0. The number of amides is 3. The molecule has 2 aromatic carbocycles. The van der Waals surface area contributed by atoms with E-state index >= 15 is 0 Å². The monoisotopic (exact) mass is 342 g/mol. The number of ether oxygens (including phenoxy) is 1. The number of hydrogen-bond acceptors (Lipinski definition) is 4. The van der Waals surface area contributed by atoms with Gasteiger partial charge >= 0.3 is 6.03 Å². The minimum Gasteiger partial charge on any atom is -0.496 e. The van der Waals surface area contributed by atoms with Crippen LogP contribution in [0.1, 0.15) is 10.4 Å². The van der Waals surface area contributed by atoms with Crippen LogP contribution in [0.25, 0.3) is 0 Å². The van der Waals surface area contributed by atoms with E-state index in [0.717, 1.165) is 11.0 Å². The maximum absolute atomic E-state index is 13.4. The van der Waals surface area contributed by atoms with Crippen molar-refractivity contribution in [2.75, 3.05) is 25.1 Å². The normalized spacial score (nSPS) is 14.2. The van der Waals surface area contributed by atoms with Gasteiger partial charge in [-0.15, -0.1) is 0 Å². The van der Waals surface area contributed by atoms with Crippen LogP contribution in [0.15, 0.2) is 48.5 Å². The molecule has 25 heavy (non-hydrogen) atoms. The van der Waals surface area contributed by atoms with E-state index in [1.807, 2.05) is 0 Å². The van der Waals surface area contributed by atoms with Gasteiger partial charge in [0.05, 0.1) is 19.2 Å². The predicted octanol–water partition coefficient (Wildman–Crippen LogP) is 2.49. The molecule has 7 heteroatoms. The number of urea groups is 1. The van der Waals surface area contributed by atoms with Gasteiger partial charge in [-0.25, -0.2) is 9.18 Å². The van der Waals surface area contributed by atoms with Crippen LogP contribution in [0, 0.1) is 5.82 Å². The Kier molecular flexibility index (Phi) is 4.47. The number of ketones is 1. The summed E-state index contributed by atoms with van der Waals surface area (Å²) in [6, 6.07) is 11.6. The Bertz CT molecular complexity index is 838. The summed E-state index contributed by atoms with van der Waals surface area (Å²) in [5.41, 5.74) is 0.556. The zero-order valence-corrected chi connectivity index (χ0v) is 13.4. The van der Waals surface area contributed by atoms with Crippen molar-refractivity contribution in [2.24, 2.45) is 0 Å². The molecule has 1 aliphatic rings. The number of para-hydroxylation sites is 1. The second-order valence-electron chi connectivity index (χ2n) is 5.45. The number of benzene rings is 2. The third kappa shape index (κ3) is 3.21. The molecular formula is C18H15FN2O4. The maximum Gasteiger partial charge on any atom is 0.332 e. The smallest absolute Gasteiger partial charge is 0.332 e. The van der Waals surface area contributed by atoms with E-state index in [9.17, 15) is 18.8 Å². The van der Waals surface area contributed by atoms with Crippen LogP contribution in [-0.2, 0) is 4.79 Å². The number of imide groups is 1. The maximum atomic E-state index is 13.4. The molecule has 0 saturated carbocycles. The summed E-state index contributed by atoms with van der Waals surface area (Å²) in [6.07, 6.45) is 0. The van der Waals surface area contributed by atoms with E-state index in [0.29, 0.717) is 5.69 Å². The van der Waals surface area contributed by atoms with Crippen molar-refractivity contribution in [3.63, 3.8) is 0 Å². The van der Waals surface area contributed by atoms with Crippen LogP contribution in [0.5, 0.6) is 5.75 Å². The number of anilines is 1. The first kappa shape index (κ1) is 16.6. The van der Waals surface area contributed by atoms with Gasteiger partial charge in [0.25, 0.3) is 5.91 Å². The van der Waals surface area contributed by atoms with Crippen LogP contribution in [0.4, 0.5) is 14.9 Å². The molecule has 1 aliphatic heterocycles. The lowest BCUT2D eigenvalue weighted by Crippen LogP contribution is -2.37. The van der Waals surface area contributed by atoms with Gasteiger partial charge in [0, 0.05) is 5.69 Å². The second-order valence-corrected chi connectivity index (χ2v) is 5.45. The van der Waals surface area contributed by atoms with E-state index < -0.39 is 30.1 Å². The summed E-state index contributed by atoms with van der Waals surface area (Å²) >= 11 is 0. The molecule has 0 aliphatic carbocycles. The first-order valence-electron chi connectivity index (χ1n) is 7.55. The lowest BCUT2D eigenvalue weighted by molar-refractivity contribution is -0.124. The Morgan fingerprint density at radius 1 is 1.16 bits per heavy atom. The van der Waals surface area contributed by atoms with E-state index in [1.165, 1.54) is 24.1 Å². The minimum absolute atomic E-state index is 0.0127. The Labute approximate surface area is 143 Å². The second kappa shape index (κ2) is 6.72. The largest absolute Gasteiger partial charge is 0.496 e. The zero-order chi connectivity index (χ0) is 18.0. The highest BCUT2D eigenvalue weighted by molar-refractivity contribution is 6.15. The van der Waals surface area contributed by atoms with Crippen molar-refractivity contribution >= 4 is 23.4 Å². The molecule has 1 saturated heterocycles. The van der Waals surface area contributed by atoms with Crippen LogP contribution in [0.3, 0.4) is 0 Å². The highest BCUT2D eigenvalue weighted by Crippen LogP contribution is 2.23. The number of rotatable bonds is 5. The topological polar surface area (TPSA) is 66.9 Å². The minimum atomic E-state index is -0.603. The fraction of sp³-hybridized carbons (Fsp3) is 0.167. The Hall–Kier alpha value is -3.22. The fourth-order valence-corrected chi connectivity index (χ4v) is 2.63. The third-order valence-electron chi connectivity index (χ3n) is 3.89. The quantitative estimate of drug-likeness (QED) is 0.618. The molecule has 0 unspecified atom stereocenters. The number of carbonyl (C=O) groups excluding carboxylic acids is 3. The van der Waals surface area contributed by atoms with E-state index in [2.05, 4.69) is 0 Å². The van der Waals surface area contributed by atoms with E-state index in [1.54, 1.807) is 30.3 Å². The summed E-state index contributed by atoms with van der Waals surface area (Å²) in [7, 11) is 1.35. The van der Waals surface area contributed by atoms with Crippen LogP contribution in [-0.4, -0.2) is 42.8 Å². The SMILES string of the molecule is COc1ccc(F)cc1C(=O)CN1C(=O)CN(c2ccccc2)C1=O. The lowest BCUT2D eigenvalue weighted by Gasteiger charge is -2.17. The number of carbonyl (C=O) groups is 3.